The van der Waals surface area contributed by atoms with Crippen molar-refractivity contribution in [3.63, 3.8) is 0 Å². The van der Waals surface area contributed by atoms with Crippen LogP contribution in [-0.4, -0.2) is 21.1 Å². The number of phenols is 1. The minimum absolute atomic E-state index is 0.168. The Morgan fingerprint density at radius 2 is 2.04 bits per heavy atom. The third-order valence-corrected chi connectivity index (χ3v) is 5.31. The molecule has 0 aliphatic carbocycles. The van der Waals surface area contributed by atoms with Gasteiger partial charge >= 0.3 is 0 Å². The summed E-state index contributed by atoms with van der Waals surface area (Å²) in [5.74, 6) is -0.563. The highest BCUT2D eigenvalue weighted by atomic mass is 79.9. The molecule has 0 spiro atoms. The summed E-state index contributed by atoms with van der Waals surface area (Å²) in [6.07, 6.45) is 1.40. The summed E-state index contributed by atoms with van der Waals surface area (Å²) in [6.45, 7) is 3.92. The number of nitrogens with one attached hydrogen (secondary N) is 1. The lowest BCUT2D eigenvalue weighted by Crippen LogP contribution is -2.19. The van der Waals surface area contributed by atoms with Crippen molar-refractivity contribution in [1.29, 1.82) is 0 Å². The Labute approximate surface area is 167 Å². The molecule has 1 saturated heterocycles. The van der Waals surface area contributed by atoms with Crippen LogP contribution in [0.3, 0.4) is 0 Å². The number of aryl methyl sites for hydroxylation is 2. The minimum atomic E-state index is -0.568. The second-order valence-corrected chi connectivity index (χ2v) is 7.78. The van der Waals surface area contributed by atoms with Gasteiger partial charge in [0.1, 0.15) is 5.75 Å². The van der Waals surface area contributed by atoms with Crippen LogP contribution in [0.2, 0.25) is 0 Å². The summed E-state index contributed by atoms with van der Waals surface area (Å²) in [4.78, 5) is 27.4. The molecule has 0 radical (unpaired) electrons. The number of hydrogen-bond acceptors (Lipinski definition) is 6. The summed E-state index contributed by atoms with van der Waals surface area (Å²) in [5.41, 5.74) is 2.81. The van der Waals surface area contributed by atoms with Crippen LogP contribution in [0, 0.1) is 24.0 Å². The van der Waals surface area contributed by atoms with E-state index in [0.29, 0.717) is 5.17 Å². The van der Waals surface area contributed by atoms with Gasteiger partial charge in [-0.1, -0.05) is 17.7 Å². The number of halogens is 1. The Hall–Kier alpha value is -2.65. The number of rotatable bonds is 3. The molecule has 0 unspecified atom stereocenters. The molecule has 0 bridgehead atoms. The highest BCUT2D eigenvalue weighted by Gasteiger charge is 2.25. The second-order valence-electron chi connectivity index (χ2n) is 5.89. The number of carbonyl (C=O) groups is 1. The van der Waals surface area contributed by atoms with Crippen molar-refractivity contribution in [3.8, 4) is 5.75 Å². The first-order valence-corrected chi connectivity index (χ1v) is 9.39. The van der Waals surface area contributed by atoms with Gasteiger partial charge < -0.3 is 10.4 Å². The Balaban J connectivity index is 1.94. The van der Waals surface area contributed by atoms with Crippen LogP contribution < -0.4 is 5.32 Å². The maximum absolute atomic E-state index is 12.2. The van der Waals surface area contributed by atoms with Crippen molar-refractivity contribution in [2.45, 2.75) is 13.8 Å². The standard InChI is InChI=1S/C18H14BrN3O4S/c1-9-3-4-14(10(2)5-9)20-18-21-17(24)15(27-18)7-11-6-12(22(25)26)8-13(19)16(11)23/h3-8,23H,1-2H3,(H,20,21,24)/b15-7-. The molecule has 2 aromatic carbocycles. The molecule has 1 aliphatic heterocycles. The second kappa shape index (κ2) is 7.53. The van der Waals surface area contributed by atoms with Crippen LogP contribution >= 0.6 is 27.7 Å². The van der Waals surface area contributed by atoms with E-state index in [2.05, 4.69) is 26.2 Å². The van der Waals surface area contributed by atoms with Gasteiger partial charge in [0.25, 0.3) is 11.6 Å². The predicted molar refractivity (Wildman–Crippen MR) is 109 cm³/mol. The Morgan fingerprint density at radius 1 is 1.30 bits per heavy atom. The number of nitro benzene ring substituents is 1. The molecule has 7 nitrogen and oxygen atoms in total. The number of benzene rings is 2. The summed E-state index contributed by atoms with van der Waals surface area (Å²) in [5, 5.41) is 24.2. The third kappa shape index (κ3) is 4.20. The predicted octanol–water partition coefficient (Wildman–Crippen LogP) is 4.57. The Morgan fingerprint density at radius 3 is 2.70 bits per heavy atom. The van der Waals surface area contributed by atoms with Crippen molar-refractivity contribution in [2.75, 3.05) is 0 Å². The summed E-state index contributed by atoms with van der Waals surface area (Å²) in [7, 11) is 0. The fraction of sp³-hybridized carbons (Fsp3) is 0.111. The monoisotopic (exact) mass is 447 g/mol. The van der Waals surface area contributed by atoms with E-state index < -0.39 is 4.92 Å². The zero-order valence-corrected chi connectivity index (χ0v) is 16.7. The van der Waals surface area contributed by atoms with Crippen LogP contribution in [0.5, 0.6) is 5.75 Å². The topological polar surface area (TPSA) is 105 Å². The molecule has 27 heavy (non-hydrogen) atoms. The molecule has 3 rings (SSSR count). The molecule has 1 amide bonds. The van der Waals surface area contributed by atoms with Gasteiger partial charge in [0.05, 0.1) is 20.0 Å². The number of carbonyl (C=O) groups excluding carboxylic acids is 1. The van der Waals surface area contributed by atoms with E-state index in [0.717, 1.165) is 28.6 Å². The zero-order chi connectivity index (χ0) is 19.7. The van der Waals surface area contributed by atoms with Crippen LogP contribution in [0.15, 0.2) is 44.7 Å². The molecule has 1 aliphatic rings. The van der Waals surface area contributed by atoms with Gasteiger partial charge in [0.15, 0.2) is 5.17 Å². The SMILES string of the molecule is Cc1ccc(N=C2NC(=O)/C(=C/c3cc([N+](=O)[O-])cc(Br)c3O)S2)c(C)c1. The molecule has 2 N–H and O–H groups in total. The zero-order valence-electron chi connectivity index (χ0n) is 14.3. The number of amides is 1. The lowest BCUT2D eigenvalue weighted by Gasteiger charge is -2.03. The van der Waals surface area contributed by atoms with E-state index in [1.54, 1.807) is 0 Å². The lowest BCUT2D eigenvalue weighted by atomic mass is 10.1. The highest BCUT2D eigenvalue weighted by molar-refractivity contribution is 9.10. The highest BCUT2D eigenvalue weighted by Crippen LogP contribution is 2.36. The maximum atomic E-state index is 12.2. The number of thioether (sulfide) groups is 1. The fourth-order valence-electron chi connectivity index (χ4n) is 2.48. The smallest absolute Gasteiger partial charge is 0.271 e. The molecular weight excluding hydrogens is 434 g/mol. The average Bonchev–Trinajstić information content (AvgIpc) is 2.93. The first-order valence-electron chi connectivity index (χ1n) is 7.78. The van der Waals surface area contributed by atoms with Crippen LogP contribution in [0.4, 0.5) is 11.4 Å². The summed E-state index contributed by atoms with van der Waals surface area (Å²) in [6, 6.07) is 8.21. The number of amidine groups is 1. The molecule has 1 heterocycles. The van der Waals surface area contributed by atoms with Crippen molar-refractivity contribution in [2.24, 2.45) is 4.99 Å². The molecule has 0 atom stereocenters. The number of aliphatic imine (C=N–C) groups is 1. The van der Waals surface area contributed by atoms with E-state index in [1.807, 2.05) is 32.0 Å². The number of hydrogen-bond donors (Lipinski definition) is 2. The average molecular weight is 448 g/mol. The van der Waals surface area contributed by atoms with Crippen molar-refractivity contribution in [3.05, 3.63) is 66.5 Å². The van der Waals surface area contributed by atoms with Gasteiger partial charge in [0.2, 0.25) is 0 Å². The van der Waals surface area contributed by atoms with Crippen molar-refractivity contribution >= 4 is 56.2 Å². The lowest BCUT2D eigenvalue weighted by molar-refractivity contribution is -0.385. The van der Waals surface area contributed by atoms with Gasteiger partial charge in [-0.3, -0.25) is 14.9 Å². The molecule has 138 valence electrons. The van der Waals surface area contributed by atoms with E-state index in [-0.39, 0.29) is 32.3 Å². The van der Waals surface area contributed by atoms with Gasteiger partial charge in [-0.05, 0) is 59.2 Å². The van der Waals surface area contributed by atoms with Gasteiger partial charge in [-0.2, -0.15) is 0 Å². The largest absolute Gasteiger partial charge is 0.506 e. The summed E-state index contributed by atoms with van der Waals surface area (Å²) < 4.78 is 0.177. The Kier molecular flexibility index (Phi) is 5.33. The quantitative estimate of drug-likeness (QED) is 0.407. The number of non-ortho nitro benzene ring substituents is 1. The normalized spacial score (nSPS) is 16.8. The van der Waals surface area contributed by atoms with E-state index >= 15 is 0 Å². The molecule has 9 heteroatoms. The molecule has 0 saturated carbocycles. The van der Waals surface area contributed by atoms with Gasteiger partial charge in [-0.25, -0.2) is 4.99 Å². The van der Waals surface area contributed by atoms with Crippen LogP contribution in [0.1, 0.15) is 16.7 Å². The number of nitro groups is 1. The first kappa shape index (κ1) is 19.1. The van der Waals surface area contributed by atoms with Crippen molar-refractivity contribution in [1.82, 2.24) is 5.32 Å². The van der Waals surface area contributed by atoms with E-state index in [1.165, 1.54) is 18.2 Å². The van der Waals surface area contributed by atoms with Crippen LogP contribution in [-0.2, 0) is 4.79 Å². The Bertz CT molecular complexity index is 1030. The first-order chi connectivity index (χ1) is 12.7. The number of nitrogens with zero attached hydrogens (tertiary/aromatic N) is 2. The minimum Gasteiger partial charge on any atom is -0.506 e. The third-order valence-electron chi connectivity index (χ3n) is 3.80. The van der Waals surface area contributed by atoms with Gasteiger partial charge in [0, 0.05) is 17.7 Å². The molecule has 2 aromatic rings. The van der Waals surface area contributed by atoms with E-state index in [4.69, 9.17) is 0 Å². The number of aromatic hydroxyl groups is 1. The molecule has 1 fully saturated rings. The summed E-state index contributed by atoms with van der Waals surface area (Å²) >= 11 is 4.19. The molecular formula is C18H14BrN3O4S. The van der Waals surface area contributed by atoms with Crippen LogP contribution in [0.25, 0.3) is 6.08 Å². The number of phenolic OH excluding ortho intramolecular Hbond substituents is 1. The molecule has 0 aromatic heterocycles. The maximum Gasteiger partial charge on any atom is 0.271 e. The fourth-order valence-corrected chi connectivity index (χ4v) is 3.77. The van der Waals surface area contributed by atoms with E-state index in [9.17, 15) is 20.0 Å². The van der Waals surface area contributed by atoms with Crippen molar-refractivity contribution < 1.29 is 14.8 Å². The van der Waals surface area contributed by atoms with Gasteiger partial charge in [-0.15, -0.1) is 0 Å².